The highest BCUT2D eigenvalue weighted by Gasteiger charge is 2.39. The molecular weight excluding hydrogens is 238 g/mol. The van der Waals surface area contributed by atoms with E-state index in [1.807, 2.05) is 0 Å². The molecule has 1 saturated carbocycles. The maximum atomic E-state index is 6.33. The molecule has 0 aromatic rings. The van der Waals surface area contributed by atoms with E-state index in [1.54, 1.807) is 0 Å². The van der Waals surface area contributed by atoms with Gasteiger partial charge in [-0.2, -0.15) is 0 Å². The highest BCUT2D eigenvalue weighted by Crippen LogP contribution is 2.39. The largest absolute Gasteiger partial charge is 0.376 e. The Hall–Kier alpha value is -0.120. The Morgan fingerprint density at radius 3 is 2.53 bits per heavy atom. The summed E-state index contributed by atoms with van der Waals surface area (Å²) >= 11 is 0. The van der Waals surface area contributed by atoms with Crippen LogP contribution in [0.25, 0.3) is 0 Å². The second-order valence-corrected chi connectivity index (χ2v) is 6.59. The standard InChI is InChI=1S/C16H31NO2/c1-3-15(17,4-2)13-18-14-8-11-19-16(12-14)9-6-5-7-10-16/h14H,3-13,17H2,1-2H3. The summed E-state index contributed by atoms with van der Waals surface area (Å²) < 4.78 is 12.3. The minimum Gasteiger partial charge on any atom is -0.376 e. The number of nitrogens with two attached hydrogens (primary N) is 1. The molecule has 0 aromatic heterocycles. The predicted octanol–water partition coefficient (Wildman–Crippen LogP) is 3.40. The van der Waals surface area contributed by atoms with Crippen molar-refractivity contribution >= 4 is 0 Å². The number of ether oxygens (including phenoxy) is 2. The number of hydrogen-bond donors (Lipinski definition) is 1. The maximum Gasteiger partial charge on any atom is 0.0707 e. The molecule has 1 atom stereocenters. The molecule has 2 aliphatic rings. The van der Waals surface area contributed by atoms with Gasteiger partial charge in [-0.15, -0.1) is 0 Å². The van der Waals surface area contributed by atoms with Gasteiger partial charge in [0.05, 0.1) is 18.3 Å². The van der Waals surface area contributed by atoms with Crippen LogP contribution in [-0.4, -0.2) is 30.5 Å². The first-order valence-electron chi connectivity index (χ1n) is 8.16. The van der Waals surface area contributed by atoms with E-state index in [1.165, 1.54) is 32.1 Å². The summed E-state index contributed by atoms with van der Waals surface area (Å²) in [5.74, 6) is 0. The maximum absolute atomic E-state index is 6.33. The number of hydrogen-bond acceptors (Lipinski definition) is 3. The zero-order valence-corrected chi connectivity index (χ0v) is 12.7. The van der Waals surface area contributed by atoms with Crippen molar-refractivity contribution in [1.82, 2.24) is 0 Å². The van der Waals surface area contributed by atoms with E-state index in [4.69, 9.17) is 15.2 Å². The van der Waals surface area contributed by atoms with E-state index in [9.17, 15) is 0 Å². The fraction of sp³-hybridized carbons (Fsp3) is 1.00. The molecule has 0 amide bonds. The molecule has 3 heteroatoms. The molecule has 1 saturated heterocycles. The molecule has 3 nitrogen and oxygen atoms in total. The summed E-state index contributed by atoms with van der Waals surface area (Å²) in [6.45, 7) is 5.86. The van der Waals surface area contributed by atoms with Gasteiger partial charge >= 0.3 is 0 Å². The monoisotopic (exact) mass is 269 g/mol. The first-order valence-corrected chi connectivity index (χ1v) is 8.16. The molecular formula is C16H31NO2. The molecule has 0 aromatic carbocycles. The van der Waals surface area contributed by atoms with Gasteiger partial charge in [0.15, 0.2) is 0 Å². The van der Waals surface area contributed by atoms with Gasteiger partial charge in [0.25, 0.3) is 0 Å². The van der Waals surface area contributed by atoms with Gasteiger partial charge in [-0.25, -0.2) is 0 Å². The first kappa shape index (κ1) is 15.3. The molecule has 1 spiro atoms. The molecule has 0 bridgehead atoms. The van der Waals surface area contributed by atoms with Crippen molar-refractivity contribution in [3.8, 4) is 0 Å². The summed E-state index contributed by atoms with van der Waals surface area (Å²) in [7, 11) is 0. The molecule has 112 valence electrons. The third kappa shape index (κ3) is 3.93. The predicted molar refractivity (Wildman–Crippen MR) is 78.2 cm³/mol. The summed E-state index contributed by atoms with van der Waals surface area (Å²) in [5, 5.41) is 0. The van der Waals surface area contributed by atoms with Gasteiger partial charge in [-0.3, -0.25) is 0 Å². The van der Waals surface area contributed by atoms with Crippen molar-refractivity contribution in [2.24, 2.45) is 5.73 Å². The zero-order chi connectivity index (χ0) is 13.8. The molecule has 2 rings (SSSR count). The Bertz CT molecular complexity index is 264. The molecule has 19 heavy (non-hydrogen) atoms. The van der Waals surface area contributed by atoms with Gasteiger partial charge in [-0.1, -0.05) is 33.1 Å². The van der Waals surface area contributed by atoms with Crippen LogP contribution < -0.4 is 5.73 Å². The molecule has 1 aliphatic heterocycles. The lowest BCUT2D eigenvalue weighted by atomic mass is 9.79. The van der Waals surface area contributed by atoms with Crippen LogP contribution in [0.4, 0.5) is 0 Å². The van der Waals surface area contributed by atoms with Crippen LogP contribution in [0.15, 0.2) is 0 Å². The minimum atomic E-state index is -0.141. The minimum absolute atomic E-state index is 0.136. The lowest BCUT2D eigenvalue weighted by Gasteiger charge is -2.44. The third-order valence-electron chi connectivity index (χ3n) is 5.23. The Kier molecular flexibility index (Phi) is 5.27. The van der Waals surface area contributed by atoms with E-state index in [2.05, 4.69) is 13.8 Å². The Morgan fingerprint density at radius 1 is 1.21 bits per heavy atom. The average molecular weight is 269 g/mol. The van der Waals surface area contributed by atoms with Crippen molar-refractivity contribution in [3.63, 3.8) is 0 Å². The van der Waals surface area contributed by atoms with Crippen LogP contribution in [0.3, 0.4) is 0 Å². The Labute approximate surface area is 118 Å². The smallest absolute Gasteiger partial charge is 0.0707 e. The van der Waals surface area contributed by atoms with Crippen molar-refractivity contribution in [1.29, 1.82) is 0 Å². The van der Waals surface area contributed by atoms with Crippen LogP contribution >= 0.6 is 0 Å². The quantitative estimate of drug-likeness (QED) is 0.832. The topological polar surface area (TPSA) is 44.5 Å². The van der Waals surface area contributed by atoms with E-state index in [0.717, 1.165) is 32.3 Å². The normalized spacial score (nSPS) is 27.6. The summed E-state index contributed by atoms with van der Waals surface area (Å²) in [6, 6.07) is 0. The second-order valence-electron chi connectivity index (χ2n) is 6.59. The van der Waals surface area contributed by atoms with Crippen LogP contribution in [0.2, 0.25) is 0 Å². The van der Waals surface area contributed by atoms with Crippen LogP contribution in [-0.2, 0) is 9.47 Å². The van der Waals surface area contributed by atoms with Gasteiger partial charge in [0.1, 0.15) is 0 Å². The van der Waals surface area contributed by atoms with Gasteiger partial charge in [-0.05, 0) is 32.1 Å². The molecule has 0 radical (unpaired) electrons. The van der Waals surface area contributed by atoms with E-state index in [0.29, 0.717) is 12.7 Å². The van der Waals surface area contributed by atoms with Crippen LogP contribution in [0.5, 0.6) is 0 Å². The summed E-state index contributed by atoms with van der Waals surface area (Å²) in [4.78, 5) is 0. The molecule has 2 fully saturated rings. The van der Waals surface area contributed by atoms with Crippen LogP contribution in [0, 0.1) is 0 Å². The average Bonchev–Trinajstić information content (AvgIpc) is 2.46. The highest BCUT2D eigenvalue weighted by atomic mass is 16.5. The highest BCUT2D eigenvalue weighted by molar-refractivity contribution is 4.91. The molecule has 2 N–H and O–H groups in total. The Balaban J connectivity index is 1.84. The third-order valence-corrected chi connectivity index (χ3v) is 5.23. The second kappa shape index (κ2) is 6.55. The zero-order valence-electron chi connectivity index (χ0n) is 12.7. The molecule has 1 unspecified atom stereocenters. The summed E-state index contributed by atoms with van der Waals surface area (Å²) in [6.07, 6.45) is 10.9. The molecule has 1 heterocycles. The van der Waals surface area contributed by atoms with Gasteiger partial charge in [0.2, 0.25) is 0 Å². The van der Waals surface area contributed by atoms with Crippen molar-refractivity contribution < 1.29 is 9.47 Å². The SMILES string of the molecule is CCC(N)(CC)COC1CCOC2(CCCCC2)C1. The number of rotatable bonds is 5. The fourth-order valence-corrected chi connectivity index (χ4v) is 3.41. The van der Waals surface area contributed by atoms with Crippen LogP contribution in [0.1, 0.15) is 71.6 Å². The van der Waals surface area contributed by atoms with Gasteiger partial charge in [0, 0.05) is 18.6 Å². The van der Waals surface area contributed by atoms with E-state index in [-0.39, 0.29) is 11.1 Å². The van der Waals surface area contributed by atoms with E-state index < -0.39 is 0 Å². The van der Waals surface area contributed by atoms with Gasteiger partial charge < -0.3 is 15.2 Å². The molecule has 1 aliphatic carbocycles. The van der Waals surface area contributed by atoms with E-state index >= 15 is 0 Å². The summed E-state index contributed by atoms with van der Waals surface area (Å²) in [5.41, 5.74) is 6.32. The van der Waals surface area contributed by atoms with Crippen molar-refractivity contribution in [2.75, 3.05) is 13.2 Å². The van der Waals surface area contributed by atoms with Crippen molar-refractivity contribution in [3.05, 3.63) is 0 Å². The lowest BCUT2D eigenvalue weighted by Crippen LogP contribution is -2.48. The fourth-order valence-electron chi connectivity index (χ4n) is 3.41. The van der Waals surface area contributed by atoms with Crippen molar-refractivity contribution in [2.45, 2.75) is 88.9 Å². The first-order chi connectivity index (χ1) is 9.11. The lowest BCUT2D eigenvalue weighted by molar-refractivity contribution is -0.152. The Morgan fingerprint density at radius 2 is 1.89 bits per heavy atom.